The van der Waals surface area contributed by atoms with Crippen LogP contribution in [0.1, 0.15) is 5.56 Å². The van der Waals surface area contributed by atoms with Crippen LogP contribution in [0.4, 0.5) is 30.4 Å². The summed E-state index contributed by atoms with van der Waals surface area (Å²) in [4.78, 5) is 7.48. The van der Waals surface area contributed by atoms with Gasteiger partial charge in [-0.15, -0.1) is 0 Å². The lowest BCUT2D eigenvalue weighted by Crippen LogP contribution is -2.07. The number of hydrogen-bond donors (Lipinski definition) is 2. The highest BCUT2D eigenvalue weighted by Gasteiger charge is 2.33. The highest BCUT2D eigenvalue weighted by atomic mass is 79.9. The van der Waals surface area contributed by atoms with Gasteiger partial charge in [0, 0.05) is 10.2 Å². The summed E-state index contributed by atoms with van der Waals surface area (Å²) in [6, 6.07) is 3.68. The Morgan fingerprint density at radius 2 is 1.95 bits per heavy atom. The number of nitrogens with zero attached hydrogens (tertiary/aromatic N) is 2. The molecule has 0 aliphatic carbocycles. The Hall–Kier alpha value is -1.54. The van der Waals surface area contributed by atoms with Gasteiger partial charge in [0.2, 0.25) is 0 Å². The van der Waals surface area contributed by atoms with E-state index in [4.69, 9.17) is 17.3 Å². The lowest BCUT2D eigenvalue weighted by Gasteiger charge is -2.13. The van der Waals surface area contributed by atoms with Crippen LogP contribution < -0.4 is 11.1 Å². The molecule has 3 N–H and O–H groups in total. The molecule has 4 nitrogen and oxygen atoms in total. The molecule has 106 valence electrons. The van der Waals surface area contributed by atoms with Crippen LogP contribution in [0, 0.1) is 0 Å². The molecule has 2 rings (SSSR count). The second-order valence-corrected chi connectivity index (χ2v) is 4.96. The largest absolute Gasteiger partial charge is 0.417 e. The minimum atomic E-state index is -4.47. The number of rotatable bonds is 2. The summed E-state index contributed by atoms with van der Waals surface area (Å²) in [6.45, 7) is 0. The van der Waals surface area contributed by atoms with E-state index in [2.05, 4.69) is 31.2 Å². The summed E-state index contributed by atoms with van der Waals surface area (Å²) in [7, 11) is 0. The van der Waals surface area contributed by atoms with E-state index in [-0.39, 0.29) is 26.8 Å². The highest BCUT2D eigenvalue weighted by molar-refractivity contribution is 9.10. The summed E-state index contributed by atoms with van der Waals surface area (Å²) in [6.07, 6.45) is -3.31. The van der Waals surface area contributed by atoms with E-state index >= 15 is 0 Å². The number of alkyl halides is 3. The number of benzene rings is 1. The van der Waals surface area contributed by atoms with Crippen molar-refractivity contribution < 1.29 is 13.2 Å². The van der Waals surface area contributed by atoms with E-state index in [1.807, 2.05) is 0 Å². The van der Waals surface area contributed by atoms with Crippen molar-refractivity contribution in [2.45, 2.75) is 6.18 Å². The van der Waals surface area contributed by atoms with Gasteiger partial charge in [-0.2, -0.15) is 13.2 Å². The molecule has 1 heterocycles. The normalized spacial score (nSPS) is 11.4. The Bertz CT molecular complexity index is 648. The first kappa shape index (κ1) is 14.9. The van der Waals surface area contributed by atoms with Crippen LogP contribution in [0.5, 0.6) is 0 Å². The van der Waals surface area contributed by atoms with E-state index in [1.165, 1.54) is 12.1 Å². The molecule has 0 saturated carbocycles. The maximum absolute atomic E-state index is 12.8. The van der Waals surface area contributed by atoms with Gasteiger partial charge in [0.05, 0.1) is 5.56 Å². The smallest absolute Gasteiger partial charge is 0.393 e. The van der Waals surface area contributed by atoms with Gasteiger partial charge in [-0.05, 0) is 18.2 Å². The van der Waals surface area contributed by atoms with Crippen molar-refractivity contribution in [3.05, 3.63) is 39.7 Å². The Morgan fingerprint density at radius 3 is 2.60 bits per heavy atom. The molecule has 20 heavy (non-hydrogen) atoms. The number of aromatic nitrogens is 2. The fourth-order valence-corrected chi connectivity index (χ4v) is 2.04. The maximum Gasteiger partial charge on any atom is 0.417 e. The maximum atomic E-state index is 12.8. The summed E-state index contributed by atoms with van der Waals surface area (Å²) in [5, 5.41) is 2.70. The minimum Gasteiger partial charge on any atom is -0.393 e. The second kappa shape index (κ2) is 5.45. The van der Waals surface area contributed by atoms with Gasteiger partial charge in [0.1, 0.15) is 12.0 Å². The fraction of sp³-hybridized carbons (Fsp3) is 0.0909. The van der Waals surface area contributed by atoms with Crippen LogP contribution in [0.15, 0.2) is 29.0 Å². The molecular weight excluding hydrogens is 360 g/mol. The predicted molar refractivity (Wildman–Crippen MR) is 73.9 cm³/mol. The number of anilines is 3. The van der Waals surface area contributed by atoms with Crippen molar-refractivity contribution >= 4 is 44.7 Å². The lowest BCUT2D eigenvalue weighted by molar-refractivity contribution is -0.138. The van der Waals surface area contributed by atoms with Crippen molar-refractivity contribution in [3.63, 3.8) is 0 Å². The zero-order chi connectivity index (χ0) is 14.9. The average molecular weight is 368 g/mol. The first-order valence-corrected chi connectivity index (χ1v) is 6.36. The molecule has 0 atom stereocenters. The first-order chi connectivity index (χ1) is 9.29. The molecule has 2 aromatic rings. The van der Waals surface area contributed by atoms with Crippen molar-refractivity contribution in [3.8, 4) is 0 Å². The summed E-state index contributed by atoms with van der Waals surface area (Å²) >= 11 is 8.56. The van der Waals surface area contributed by atoms with Gasteiger partial charge in [0.15, 0.2) is 11.0 Å². The third-order valence-electron chi connectivity index (χ3n) is 2.37. The lowest BCUT2D eigenvalue weighted by atomic mass is 10.2. The van der Waals surface area contributed by atoms with Gasteiger partial charge in [-0.3, -0.25) is 0 Å². The molecule has 1 aromatic heterocycles. The van der Waals surface area contributed by atoms with Crippen molar-refractivity contribution in [2.75, 3.05) is 11.1 Å². The number of nitrogens with one attached hydrogen (secondary N) is 1. The van der Waals surface area contributed by atoms with E-state index in [1.54, 1.807) is 0 Å². The molecule has 0 unspecified atom stereocenters. The van der Waals surface area contributed by atoms with Gasteiger partial charge in [0.25, 0.3) is 0 Å². The Balaban J connectivity index is 2.38. The standard InChI is InChI=1S/C11H7BrClF3N4/c12-7-2-1-5(3-6(7)11(14,15)16)20-10-8(17)9(13)18-4-19-10/h1-4H,17H2,(H,18,19,20). The molecule has 0 aliphatic rings. The van der Waals surface area contributed by atoms with Crippen LogP contribution in [0.25, 0.3) is 0 Å². The monoisotopic (exact) mass is 366 g/mol. The van der Waals surface area contributed by atoms with E-state index in [0.29, 0.717) is 0 Å². The molecule has 0 fully saturated rings. The Morgan fingerprint density at radius 1 is 1.25 bits per heavy atom. The molecular formula is C11H7BrClF3N4. The van der Waals surface area contributed by atoms with Crippen LogP contribution >= 0.6 is 27.5 Å². The number of halogens is 5. The van der Waals surface area contributed by atoms with Gasteiger partial charge in [-0.25, -0.2) is 9.97 Å². The number of nitrogen functional groups attached to an aromatic ring is 1. The van der Waals surface area contributed by atoms with E-state index in [0.717, 1.165) is 12.4 Å². The topological polar surface area (TPSA) is 63.8 Å². The van der Waals surface area contributed by atoms with Crippen LogP contribution in [0.3, 0.4) is 0 Å². The summed E-state index contributed by atoms with van der Waals surface area (Å²) < 4.78 is 38.3. The van der Waals surface area contributed by atoms with Crippen molar-refractivity contribution in [1.29, 1.82) is 0 Å². The van der Waals surface area contributed by atoms with Crippen molar-refractivity contribution in [2.24, 2.45) is 0 Å². The third kappa shape index (κ3) is 3.13. The number of hydrogen-bond acceptors (Lipinski definition) is 4. The first-order valence-electron chi connectivity index (χ1n) is 5.19. The minimum absolute atomic E-state index is 0.0238. The Kier molecular flexibility index (Phi) is 4.05. The summed E-state index contributed by atoms with van der Waals surface area (Å²) in [5.41, 5.74) is 5.07. The van der Waals surface area contributed by atoms with E-state index in [9.17, 15) is 13.2 Å². The van der Waals surface area contributed by atoms with Gasteiger partial charge < -0.3 is 11.1 Å². The van der Waals surface area contributed by atoms with Gasteiger partial charge >= 0.3 is 6.18 Å². The highest BCUT2D eigenvalue weighted by Crippen LogP contribution is 2.37. The predicted octanol–water partition coefficient (Wildman–Crippen LogP) is 4.24. The molecule has 0 saturated heterocycles. The van der Waals surface area contributed by atoms with Gasteiger partial charge in [-0.1, -0.05) is 27.5 Å². The molecule has 0 aliphatic heterocycles. The molecule has 0 radical (unpaired) electrons. The van der Waals surface area contributed by atoms with E-state index < -0.39 is 11.7 Å². The summed E-state index contributed by atoms with van der Waals surface area (Å²) in [5.74, 6) is 0.139. The molecule has 0 amide bonds. The van der Waals surface area contributed by atoms with Crippen LogP contribution in [-0.4, -0.2) is 9.97 Å². The second-order valence-electron chi connectivity index (χ2n) is 3.74. The molecule has 0 bridgehead atoms. The SMILES string of the molecule is Nc1c(Cl)ncnc1Nc1ccc(Br)c(C(F)(F)F)c1. The fourth-order valence-electron chi connectivity index (χ4n) is 1.43. The number of nitrogens with two attached hydrogens (primary N) is 1. The zero-order valence-corrected chi connectivity index (χ0v) is 12.0. The van der Waals surface area contributed by atoms with Crippen LogP contribution in [-0.2, 0) is 6.18 Å². The molecule has 9 heteroatoms. The van der Waals surface area contributed by atoms with Crippen LogP contribution in [0.2, 0.25) is 5.15 Å². The molecule has 0 spiro atoms. The zero-order valence-electron chi connectivity index (χ0n) is 9.67. The average Bonchev–Trinajstić information content (AvgIpc) is 2.36. The van der Waals surface area contributed by atoms with Crippen molar-refractivity contribution in [1.82, 2.24) is 9.97 Å². The third-order valence-corrected chi connectivity index (χ3v) is 3.36. The Labute approximate surface area is 125 Å². The quantitative estimate of drug-likeness (QED) is 0.780. The molecule has 1 aromatic carbocycles.